The summed E-state index contributed by atoms with van der Waals surface area (Å²) in [6, 6.07) is 7.90. The highest BCUT2D eigenvalue weighted by Crippen LogP contribution is 2.04. The molecule has 0 heterocycles. The third-order valence-corrected chi connectivity index (χ3v) is 2.71. The van der Waals surface area contributed by atoms with Crippen molar-refractivity contribution in [1.29, 1.82) is 0 Å². The third kappa shape index (κ3) is 7.50. The predicted molar refractivity (Wildman–Crippen MR) is 74.4 cm³/mol. The van der Waals surface area contributed by atoms with Crippen molar-refractivity contribution in [2.24, 2.45) is 0 Å². The summed E-state index contributed by atoms with van der Waals surface area (Å²) in [6.45, 7) is 2.18. The van der Waals surface area contributed by atoms with Crippen LogP contribution < -0.4 is 10.6 Å². The Balaban J connectivity index is 2.22. The summed E-state index contributed by atoms with van der Waals surface area (Å²) >= 11 is 0. The molecule has 0 bridgehead atoms. The van der Waals surface area contributed by atoms with Gasteiger partial charge in [0.1, 0.15) is 0 Å². The van der Waals surface area contributed by atoms with Gasteiger partial charge in [0.15, 0.2) is 0 Å². The lowest BCUT2D eigenvalue weighted by atomic mass is 10.1. The van der Waals surface area contributed by atoms with Gasteiger partial charge in [0.2, 0.25) is 0 Å². The van der Waals surface area contributed by atoms with Gasteiger partial charge in [0.25, 0.3) is 0 Å². The molecule has 0 fully saturated rings. The van der Waals surface area contributed by atoms with Gasteiger partial charge in [0, 0.05) is 26.2 Å². The molecule has 4 N–H and O–H groups in total. The van der Waals surface area contributed by atoms with E-state index in [0.29, 0.717) is 26.2 Å². The highest BCUT2D eigenvalue weighted by atomic mass is 16.4. The van der Waals surface area contributed by atoms with Crippen LogP contribution in [0, 0.1) is 0 Å². The number of nitrogens with one attached hydrogen (secondary N) is 2. The Bertz CT molecular complexity index is 390. The van der Waals surface area contributed by atoms with Crippen molar-refractivity contribution < 1.29 is 19.8 Å². The van der Waals surface area contributed by atoms with E-state index in [1.165, 1.54) is 0 Å². The van der Waals surface area contributed by atoms with Gasteiger partial charge in [-0.15, -0.1) is 0 Å². The van der Waals surface area contributed by atoms with Crippen molar-refractivity contribution in [3.8, 4) is 0 Å². The minimum absolute atomic E-state index is 0.117. The molecule has 6 nitrogen and oxygen atoms in total. The Labute approximate surface area is 117 Å². The zero-order chi connectivity index (χ0) is 14.8. The molecule has 0 aliphatic carbocycles. The number of hydrogen-bond acceptors (Lipinski definition) is 4. The predicted octanol–water partition coefficient (Wildman–Crippen LogP) is 0.815. The van der Waals surface area contributed by atoms with Crippen LogP contribution in [0.5, 0.6) is 0 Å². The fourth-order valence-electron chi connectivity index (χ4n) is 1.63. The Kier molecular flexibility index (Phi) is 7.31. The van der Waals surface area contributed by atoms with Crippen LogP contribution in [0.4, 0.5) is 0 Å². The first kappa shape index (κ1) is 16.1. The van der Waals surface area contributed by atoms with Crippen molar-refractivity contribution in [1.82, 2.24) is 10.6 Å². The number of carboxylic acids is 2. The molecule has 20 heavy (non-hydrogen) atoms. The van der Waals surface area contributed by atoms with Gasteiger partial charge >= 0.3 is 11.9 Å². The minimum Gasteiger partial charge on any atom is -0.481 e. The lowest BCUT2D eigenvalue weighted by molar-refractivity contribution is -0.137. The van der Waals surface area contributed by atoms with Gasteiger partial charge in [-0.05, 0) is 11.1 Å². The second-order valence-corrected chi connectivity index (χ2v) is 4.46. The quantitative estimate of drug-likeness (QED) is 0.474. The molecule has 1 aromatic rings. The van der Waals surface area contributed by atoms with Crippen LogP contribution in [0.15, 0.2) is 24.3 Å². The molecule has 1 rings (SSSR count). The number of benzene rings is 1. The molecule has 0 aliphatic rings. The summed E-state index contributed by atoms with van der Waals surface area (Å²) in [6.07, 6.45) is 0.233. The monoisotopic (exact) mass is 280 g/mol. The molecule has 0 atom stereocenters. The molecular weight excluding hydrogens is 260 g/mol. The number of rotatable bonds is 10. The molecule has 110 valence electrons. The molecule has 0 saturated carbocycles. The minimum atomic E-state index is -0.805. The van der Waals surface area contributed by atoms with E-state index in [4.69, 9.17) is 10.2 Å². The van der Waals surface area contributed by atoms with Crippen LogP contribution in [0.1, 0.15) is 24.0 Å². The largest absolute Gasteiger partial charge is 0.481 e. The molecule has 0 spiro atoms. The van der Waals surface area contributed by atoms with E-state index in [0.717, 1.165) is 11.1 Å². The Morgan fingerprint density at radius 1 is 0.800 bits per heavy atom. The van der Waals surface area contributed by atoms with Crippen molar-refractivity contribution >= 4 is 11.9 Å². The zero-order valence-electron chi connectivity index (χ0n) is 11.3. The fourth-order valence-corrected chi connectivity index (χ4v) is 1.63. The van der Waals surface area contributed by atoms with Crippen molar-refractivity contribution in [3.63, 3.8) is 0 Å². The van der Waals surface area contributed by atoms with Gasteiger partial charge in [-0.1, -0.05) is 24.3 Å². The topological polar surface area (TPSA) is 98.7 Å². The molecule has 0 saturated heterocycles. The van der Waals surface area contributed by atoms with Crippen LogP contribution in [0.2, 0.25) is 0 Å². The highest BCUT2D eigenvalue weighted by Gasteiger charge is 1.99. The lowest BCUT2D eigenvalue weighted by Crippen LogP contribution is -2.18. The molecule has 6 heteroatoms. The molecule has 0 amide bonds. The Hall–Kier alpha value is -1.92. The Morgan fingerprint density at radius 3 is 1.45 bits per heavy atom. The molecule has 1 aromatic carbocycles. The molecule has 0 aromatic heterocycles. The van der Waals surface area contributed by atoms with Crippen molar-refractivity contribution in [3.05, 3.63) is 35.4 Å². The van der Waals surface area contributed by atoms with E-state index in [-0.39, 0.29) is 12.8 Å². The number of carbonyl (C=O) groups is 2. The van der Waals surface area contributed by atoms with E-state index >= 15 is 0 Å². The fraction of sp³-hybridized carbons (Fsp3) is 0.429. The van der Waals surface area contributed by atoms with Gasteiger partial charge < -0.3 is 20.8 Å². The molecule has 0 radical (unpaired) electrons. The smallest absolute Gasteiger partial charge is 0.304 e. The highest BCUT2D eigenvalue weighted by molar-refractivity contribution is 5.67. The van der Waals surface area contributed by atoms with Crippen LogP contribution in [-0.4, -0.2) is 35.2 Å². The van der Waals surface area contributed by atoms with Crippen LogP contribution in [0.3, 0.4) is 0 Å². The second-order valence-electron chi connectivity index (χ2n) is 4.46. The molecule has 0 aliphatic heterocycles. The average Bonchev–Trinajstić information content (AvgIpc) is 2.41. The van der Waals surface area contributed by atoms with Crippen molar-refractivity contribution in [2.75, 3.05) is 13.1 Å². The first-order chi connectivity index (χ1) is 9.58. The van der Waals surface area contributed by atoms with E-state index in [2.05, 4.69) is 10.6 Å². The maximum atomic E-state index is 10.3. The zero-order valence-corrected chi connectivity index (χ0v) is 11.3. The van der Waals surface area contributed by atoms with E-state index in [9.17, 15) is 9.59 Å². The average molecular weight is 280 g/mol. The van der Waals surface area contributed by atoms with Crippen LogP contribution in [0.25, 0.3) is 0 Å². The van der Waals surface area contributed by atoms with Gasteiger partial charge in [-0.2, -0.15) is 0 Å². The van der Waals surface area contributed by atoms with E-state index < -0.39 is 11.9 Å². The summed E-state index contributed by atoms with van der Waals surface area (Å²) < 4.78 is 0. The summed E-state index contributed by atoms with van der Waals surface area (Å²) in [5.74, 6) is -1.61. The van der Waals surface area contributed by atoms with Gasteiger partial charge in [0.05, 0.1) is 12.8 Å². The SMILES string of the molecule is O=C(O)CCNCc1ccc(CNCCC(=O)O)cc1. The third-order valence-electron chi connectivity index (χ3n) is 2.71. The standard InChI is InChI=1S/C14H20N2O4/c17-13(18)5-7-15-9-11-1-2-12(4-3-11)10-16-8-6-14(19)20/h1-4,15-16H,5-10H2,(H,17,18)(H,19,20). The van der Waals surface area contributed by atoms with Crippen molar-refractivity contribution in [2.45, 2.75) is 25.9 Å². The number of aliphatic carboxylic acids is 2. The van der Waals surface area contributed by atoms with E-state index in [1.54, 1.807) is 0 Å². The van der Waals surface area contributed by atoms with Crippen LogP contribution >= 0.6 is 0 Å². The molecule has 0 unspecified atom stereocenters. The second kappa shape index (κ2) is 9.06. The summed E-state index contributed by atoms with van der Waals surface area (Å²) in [5, 5.41) is 23.1. The van der Waals surface area contributed by atoms with Gasteiger partial charge in [-0.25, -0.2) is 0 Å². The summed E-state index contributed by atoms with van der Waals surface area (Å²) in [7, 11) is 0. The van der Waals surface area contributed by atoms with Gasteiger partial charge in [-0.3, -0.25) is 9.59 Å². The maximum Gasteiger partial charge on any atom is 0.304 e. The normalized spacial score (nSPS) is 10.4. The van der Waals surface area contributed by atoms with E-state index in [1.807, 2.05) is 24.3 Å². The molecular formula is C14H20N2O4. The number of carboxylic acid groups (broad SMARTS) is 2. The first-order valence-corrected chi connectivity index (χ1v) is 6.51. The lowest BCUT2D eigenvalue weighted by Gasteiger charge is -2.06. The first-order valence-electron chi connectivity index (χ1n) is 6.51. The van der Waals surface area contributed by atoms with Crippen LogP contribution in [-0.2, 0) is 22.7 Å². The Morgan fingerprint density at radius 2 is 1.15 bits per heavy atom. The summed E-state index contributed by atoms with van der Waals surface area (Å²) in [4.78, 5) is 20.7. The summed E-state index contributed by atoms with van der Waals surface area (Å²) in [5.41, 5.74) is 2.18. The maximum absolute atomic E-state index is 10.3. The number of hydrogen-bond donors (Lipinski definition) is 4.